The van der Waals surface area contributed by atoms with Gasteiger partial charge in [0.2, 0.25) is 0 Å². The van der Waals surface area contributed by atoms with Gasteiger partial charge in [-0.1, -0.05) is 36.4 Å². The molecular formula is C21H22N4O2. The van der Waals surface area contributed by atoms with Gasteiger partial charge in [-0.3, -0.25) is 9.69 Å². The lowest BCUT2D eigenvalue weighted by Crippen LogP contribution is -2.44. The van der Waals surface area contributed by atoms with Crippen LogP contribution in [0.3, 0.4) is 0 Å². The molecule has 0 saturated carbocycles. The number of amides is 3. The fourth-order valence-corrected chi connectivity index (χ4v) is 3.49. The van der Waals surface area contributed by atoms with Gasteiger partial charge in [0.05, 0.1) is 12.2 Å². The third-order valence-corrected chi connectivity index (χ3v) is 5.07. The summed E-state index contributed by atoms with van der Waals surface area (Å²) < 4.78 is 1.91. The second kappa shape index (κ2) is 6.54. The molecule has 3 amide bonds. The first-order chi connectivity index (χ1) is 12.9. The number of urea groups is 1. The minimum Gasteiger partial charge on any atom is -0.323 e. The molecule has 6 nitrogen and oxygen atoms in total. The molecule has 1 aliphatic rings. The lowest BCUT2D eigenvalue weighted by molar-refractivity contribution is -0.131. The molecule has 6 heteroatoms. The van der Waals surface area contributed by atoms with E-state index in [1.54, 1.807) is 6.92 Å². The number of benzene rings is 1. The number of nitrogens with one attached hydrogen (secondary N) is 1. The molecule has 1 N–H and O–H groups in total. The highest BCUT2D eigenvalue weighted by atomic mass is 16.2. The van der Waals surface area contributed by atoms with E-state index < -0.39 is 5.54 Å². The summed E-state index contributed by atoms with van der Waals surface area (Å²) in [5.74, 6) is -0.198. The van der Waals surface area contributed by atoms with E-state index >= 15 is 0 Å². The van der Waals surface area contributed by atoms with E-state index in [9.17, 15) is 9.59 Å². The Morgan fingerprint density at radius 3 is 2.63 bits per heavy atom. The molecule has 27 heavy (non-hydrogen) atoms. The first-order valence-corrected chi connectivity index (χ1v) is 9.07. The van der Waals surface area contributed by atoms with Crippen LogP contribution in [-0.2, 0) is 17.8 Å². The highest BCUT2D eigenvalue weighted by Crippen LogP contribution is 2.25. The summed E-state index contributed by atoms with van der Waals surface area (Å²) in [5.41, 5.74) is 2.87. The normalized spacial score (nSPS) is 19.7. The molecule has 1 saturated heterocycles. The van der Waals surface area contributed by atoms with Crippen molar-refractivity contribution < 1.29 is 9.59 Å². The minimum atomic E-state index is -0.886. The van der Waals surface area contributed by atoms with Crippen LogP contribution in [0.4, 0.5) is 4.79 Å². The molecule has 1 atom stereocenters. The SMILES string of the molecule is Cc1ccc2nc(CN3C(=O)N[C@](C)(CCc4ccccc4)C3=O)cn2c1. The Bertz CT molecular complexity index is 1010. The fraction of sp³-hybridized carbons (Fsp3) is 0.286. The molecule has 0 unspecified atom stereocenters. The highest BCUT2D eigenvalue weighted by molar-refractivity contribution is 6.06. The van der Waals surface area contributed by atoms with Crippen molar-refractivity contribution in [2.45, 2.75) is 38.8 Å². The van der Waals surface area contributed by atoms with E-state index in [0.717, 1.165) is 23.2 Å². The van der Waals surface area contributed by atoms with Crippen molar-refractivity contribution in [1.82, 2.24) is 19.6 Å². The number of aromatic nitrogens is 2. The minimum absolute atomic E-state index is 0.173. The summed E-state index contributed by atoms with van der Waals surface area (Å²) in [6.45, 7) is 3.98. The molecule has 138 valence electrons. The Balaban J connectivity index is 1.49. The zero-order valence-corrected chi connectivity index (χ0v) is 15.5. The molecule has 4 rings (SSSR count). The zero-order valence-electron chi connectivity index (χ0n) is 15.5. The monoisotopic (exact) mass is 362 g/mol. The summed E-state index contributed by atoms with van der Waals surface area (Å²) in [4.78, 5) is 31.2. The van der Waals surface area contributed by atoms with Crippen molar-refractivity contribution in [1.29, 1.82) is 0 Å². The smallest absolute Gasteiger partial charge is 0.323 e. The second-order valence-electron chi connectivity index (χ2n) is 7.34. The fourth-order valence-electron chi connectivity index (χ4n) is 3.49. The maximum absolute atomic E-state index is 12.9. The number of hydrogen-bond donors (Lipinski definition) is 1. The summed E-state index contributed by atoms with van der Waals surface area (Å²) in [7, 11) is 0. The number of imidazole rings is 1. The number of rotatable bonds is 5. The molecule has 3 aromatic rings. The predicted molar refractivity (Wildman–Crippen MR) is 102 cm³/mol. The Morgan fingerprint density at radius 1 is 1.07 bits per heavy atom. The number of fused-ring (bicyclic) bond motifs is 1. The standard InChI is InChI=1S/C21H22N4O2/c1-15-8-9-18-22-17(13-24(18)12-15)14-25-19(26)21(2,23-20(25)27)11-10-16-6-4-3-5-7-16/h3-9,12-13H,10-11,14H2,1-2H3,(H,23,27)/t21-/m1/s1. The molecular weight excluding hydrogens is 340 g/mol. The van der Waals surface area contributed by atoms with Gasteiger partial charge < -0.3 is 9.72 Å². The van der Waals surface area contributed by atoms with Crippen LogP contribution in [-0.4, -0.2) is 31.8 Å². The molecule has 0 aliphatic carbocycles. The third kappa shape index (κ3) is 3.30. The quantitative estimate of drug-likeness (QED) is 0.709. The van der Waals surface area contributed by atoms with E-state index in [4.69, 9.17) is 0 Å². The van der Waals surface area contributed by atoms with E-state index in [-0.39, 0.29) is 18.5 Å². The molecule has 0 radical (unpaired) electrons. The van der Waals surface area contributed by atoms with E-state index in [2.05, 4.69) is 10.3 Å². The third-order valence-electron chi connectivity index (χ3n) is 5.07. The predicted octanol–water partition coefficient (Wildman–Crippen LogP) is 3.09. The van der Waals surface area contributed by atoms with Gasteiger partial charge in [0.15, 0.2) is 0 Å². The van der Waals surface area contributed by atoms with Gasteiger partial charge in [0, 0.05) is 12.4 Å². The number of imide groups is 1. The van der Waals surface area contributed by atoms with Gasteiger partial charge >= 0.3 is 6.03 Å². The Morgan fingerprint density at radius 2 is 1.85 bits per heavy atom. The Hall–Kier alpha value is -3.15. The number of nitrogens with zero attached hydrogens (tertiary/aromatic N) is 3. The first-order valence-electron chi connectivity index (χ1n) is 9.07. The van der Waals surface area contributed by atoms with Crippen molar-refractivity contribution in [2.75, 3.05) is 0 Å². The van der Waals surface area contributed by atoms with Crippen LogP contribution in [0.1, 0.15) is 30.2 Å². The number of hydrogen-bond acceptors (Lipinski definition) is 3. The van der Waals surface area contributed by atoms with Gasteiger partial charge in [0.25, 0.3) is 5.91 Å². The molecule has 1 aromatic carbocycles. The lowest BCUT2D eigenvalue weighted by atomic mass is 9.93. The zero-order chi connectivity index (χ0) is 19.0. The molecule has 1 aliphatic heterocycles. The summed E-state index contributed by atoms with van der Waals surface area (Å²) in [6, 6.07) is 13.5. The molecule has 3 heterocycles. The van der Waals surface area contributed by atoms with Crippen molar-refractivity contribution in [2.24, 2.45) is 0 Å². The Labute approximate surface area is 157 Å². The summed E-state index contributed by atoms with van der Waals surface area (Å²) >= 11 is 0. The average Bonchev–Trinajstić information content (AvgIpc) is 3.14. The van der Waals surface area contributed by atoms with Crippen LogP contribution in [0.2, 0.25) is 0 Å². The maximum Gasteiger partial charge on any atom is 0.325 e. The van der Waals surface area contributed by atoms with Crippen LogP contribution in [0.15, 0.2) is 54.9 Å². The number of aryl methyl sites for hydroxylation is 2. The largest absolute Gasteiger partial charge is 0.325 e. The lowest BCUT2D eigenvalue weighted by Gasteiger charge is -2.21. The maximum atomic E-state index is 12.9. The van der Waals surface area contributed by atoms with Crippen LogP contribution in [0.25, 0.3) is 5.65 Å². The van der Waals surface area contributed by atoms with Gasteiger partial charge in [-0.15, -0.1) is 0 Å². The van der Waals surface area contributed by atoms with Crippen molar-refractivity contribution in [3.8, 4) is 0 Å². The number of carbonyl (C=O) groups excluding carboxylic acids is 2. The second-order valence-corrected chi connectivity index (χ2v) is 7.34. The van der Waals surface area contributed by atoms with E-state index in [1.807, 2.05) is 66.2 Å². The summed E-state index contributed by atoms with van der Waals surface area (Å²) in [6.07, 6.45) is 5.12. The summed E-state index contributed by atoms with van der Waals surface area (Å²) in [5, 5.41) is 2.87. The highest BCUT2D eigenvalue weighted by Gasteiger charge is 2.47. The molecule has 2 aromatic heterocycles. The van der Waals surface area contributed by atoms with Crippen molar-refractivity contribution >= 4 is 17.6 Å². The van der Waals surface area contributed by atoms with Crippen LogP contribution < -0.4 is 5.32 Å². The first kappa shape index (κ1) is 17.3. The van der Waals surface area contributed by atoms with Crippen LogP contribution in [0, 0.1) is 6.92 Å². The van der Waals surface area contributed by atoms with Crippen LogP contribution in [0.5, 0.6) is 0 Å². The topological polar surface area (TPSA) is 66.7 Å². The van der Waals surface area contributed by atoms with Gasteiger partial charge in [-0.2, -0.15) is 0 Å². The Kier molecular flexibility index (Phi) is 4.18. The average molecular weight is 362 g/mol. The number of carbonyl (C=O) groups is 2. The van der Waals surface area contributed by atoms with Gasteiger partial charge in [0.1, 0.15) is 11.2 Å². The number of pyridine rings is 1. The van der Waals surface area contributed by atoms with Crippen molar-refractivity contribution in [3.63, 3.8) is 0 Å². The van der Waals surface area contributed by atoms with Gasteiger partial charge in [-0.05, 0) is 43.9 Å². The molecule has 0 spiro atoms. The van der Waals surface area contributed by atoms with Crippen molar-refractivity contribution in [3.05, 3.63) is 71.7 Å². The van der Waals surface area contributed by atoms with E-state index in [1.165, 1.54) is 4.90 Å². The molecule has 1 fully saturated rings. The molecule has 0 bridgehead atoms. The van der Waals surface area contributed by atoms with Crippen LogP contribution >= 0.6 is 0 Å². The van der Waals surface area contributed by atoms with Gasteiger partial charge in [-0.25, -0.2) is 9.78 Å². The van der Waals surface area contributed by atoms with E-state index in [0.29, 0.717) is 12.1 Å².